The third-order valence-electron chi connectivity index (χ3n) is 5.05. The largest absolute Gasteiger partial charge is 0.411 e. The van der Waals surface area contributed by atoms with Crippen LogP contribution in [0.1, 0.15) is 25.7 Å². The van der Waals surface area contributed by atoms with E-state index in [1.165, 1.54) is 16.1 Å². The maximum atomic E-state index is 12.9. The van der Waals surface area contributed by atoms with Crippen LogP contribution in [0, 0.1) is 0 Å². The van der Waals surface area contributed by atoms with Crippen molar-refractivity contribution < 1.29 is 17.6 Å². The minimum atomic E-state index is -3.54. The average molecular weight is 473 g/mol. The van der Waals surface area contributed by atoms with Gasteiger partial charge in [0.2, 0.25) is 21.8 Å². The SMILES string of the molecule is O=C(CCSc1nnc(-c2cccc(S(=O)(=O)N3CCCCC3)c2)o1)Nc1ccccc1. The number of piperidine rings is 1. The monoisotopic (exact) mass is 472 g/mol. The van der Waals surface area contributed by atoms with E-state index in [0.29, 0.717) is 36.0 Å². The molecule has 3 aromatic rings. The van der Waals surface area contributed by atoms with Crippen LogP contribution in [0.2, 0.25) is 0 Å². The van der Waals surface area contributed by atoms with Crippen molar-refractivity contribution in [3.63, 3.8) is 0 Å². The van der Waals surface area contributed by atoms with E-state index in [-0.39, 0.29) is 16.7 Å². The summed E-state index contributed by atoms with van der Waals surface area (Å²) in [5.41, 5.74) is 1.30. The van der Waals surface area contributed by atoms with Crippen molar-refractivity contribution in [1.29, 1.82) is 0 Å². The minimum Gasteiger partial charge on any atom is -0.411 e. The van der Waals surface area contributed by atoms with Gasteiger partial charge in [-0.05, 0) is 43.2 Å². The summed E-state index contributed by atoms with van der Waals surface area (Å²) in [6.07, 6.45) is 3.11. The van der Waals surface area contributed by atoms with Gasteiger partial charge in [0.1, 0.15) is 0 Å². The molecule has 0 bridgehead atoms. The summed E-state index contributed by atoms with van der Waals surface area (Å²) in [5.74, 6) is 0.625. The van der Waals surface area contributed by atoms with Gasteiger partial charge < -0.3 is 9.73 Å². The lowest BCUT2D eigenvalue weighted by atomic mass is 10.2. The molecule has 0 saturated carbocycles. The molecule has 10 heteroatoms. The first-order valence-corrected chi connectivity index (χ1v) is 12.9. The highest BCUT2D eigenvalue weighted by atomic mass is 32.2. The number of thioether (sulfide) groups is 1. The Kier molecular flexibility index (Phi) is 7.23. The molecule has 0 radical (unpaired) electrons. The van der Waals surface area contributed by atoms with Crippen molar-refractivity contribution in [3.8, 4) is 11.5 Å². The molecule has 0 atom stereocenters. The molecule has 2 aromatic carbocycles. The summed E-state index contributed by atoms with van der Waals surface area (Å²) in [7, 11) is -3.54. The molecule has 168 valence electrons. The fraction of sp³-hybridized carbons (Fsp3) is 0.318. The fourth-order valence-corrected chi connectivity index (χ4v) is 5.67. The molecule has 8 nitrogen and oxygen atoms in total. The second-order valence-corrected chi connectivity index (χ2v) is 10.4. The number of hydrogen-bond acceptors (Lipinski definition) is 7. The molecule has 0 unspecified atom stereocenters. The van der Waals surface area contributed by atoms with Gasteiger partial charge in [-0.1, -0.05) is 42.4 Å². The van der Waals surface area contributed by atoms with Gasteiger partial charge >= 0.3 is 0 Å². The number of hydrogen-bond donors (Lipinski definition) is 1. The third-order valence-corrected chi connectivity index (χ3v) is 7.77. The van der Waals surface area contributed by atoms with Crippen LogP contribution in [0.15, 0.2) is 69.1 Å². The molecule has 1 amide bonds. The van der Waals surface area contributed by atoms with E-state index in [2.05, 4.69) is 15.5 Å². The summed E-state index contributed by atoms with van der Waals surface area (Å²) in [4.78, 5) is 12.3. The Hall–Kier alpha value is -2.69. The van der Waals surface area contributed by atoms with Gasteiger partial charge in [0.15, 0.2) is 0 Å². The van der Waals surface area contributed by atoms with Crippen LogP contribution < -0.4 is 5.32 Å². The number of nitrogens with one attached hydrogen (secondary N) is 1. The van der Waals surface area contributed by atoms with E-state index < -0.39 is 10.0 Å². The van der Waals surface area contributed by atoms with Crippen LogP contribution in [0.5, 0.6) is 0 Å². The van der Waals surface area contributed by atoms with Gasteiger partial charge in [0.25, 0.3) is 5.22 Å². The van der Waals surface area contributed by atoms with Crippen LogP contribution in [-0.4, -0.2) is 47.7 Å². The molecule has 1 saturated heterocycles. The lowest BCUT2D eigenvalue weighted by molar-refractivity contribution is -0.115. The molecule has 1 aromatic heterocycles. The van der Waals surface area contributed by atoms with Gasteiger partial charge in [0, 0.05) is 36.5 Å². The Morgan fingerprint density at radius 3 is 2.59 bits per heavy atom. The Bertz CT molecular complexity index is 1160. The van der Waals surface area contributed by atoms with Gasteiger partial charge in [-0.25, -0.2) is 8.42 Å². The molecule has 1 aliphatic heterocycles. The van der Waals surface area contributed by atoms with Crippen molar-refractivity contribution in [1.82, 2.24) is 14.5 Å². The van der Waals surface area contributed by atoms with E-state index in [1.54, 1.807) is 24.3 Å². The zero-order valence-electron chi connectivity index (χ0n) is 17.4. The first-order chi connectivity index (χ1) is 15.5. The van der Waals surface area contributed by atoms with E-state index in [0.717, 1.165) is 24.9 Å². The zero-order chi connectivity index (χ0) is 22.4. The van der Waals surface area contributed by atoms with E-state index in [4.69, 9.17) is 4.42 Å². The maximum Gasteiger partial charge on any atom is 0.276 e. The summed E-state index contributed by atoms with van der Waals surface area (Å²) in [6, 6.07) is 15.8. The van der Waals surface area contributed by atoms with Crippen molar-refractivity contribution in [3.05, 3.63) is 54.6 Å². The second kappa shape index (κ2) is 10.3. The van der Waals surface area contributed by atoms with Gasteiger partial charge in [-0.15, -0.1) is 10.2 Å². The number of para-hydroxylation sites is 1. The third kappa shape index (κ3) is 5.56. The van der Waals surface area contributed by atoms with E-state index in [1.807, 2.05) is 30.3 Å². The van der Waals surface area contributed by atoms with Crippen LogP contribution in [-0.2, 0) is 14.8 Å². The standard InChI is InChI=1S/C22H24N4O4S2/c27-20(23-18-9-3-1-4-10-18)12-15-31-22-25-24-21(30-22)17-8-7-11-19(16-17)32(28,29)26-13-5-2-6-14-26/h1,3-4,7-11,16H,2,5-6,12-15H2,(H,23,27). The summed E-state index contributed by atoms with van der Waals surface area (Å²) < 4.78 is 33.1. The van der Waals surface area contributed by atoms with Crippen LogP contribution in [0.25, 0.3) is 11.5 Å². The minimum absolute atomic E-state index is 0.0981. The average Bonchev–Trinajstić information content (AvgIpc) is 3.29. The smallest absolute Gasteiger partial charge is 0.276 e. The molecule has 1 aliphatic rings. The summed E-state index contributed by atoms with van der Waals surface area (Å²) >= 11 is 1.28. The summed E-state index contributed by atoms with van der Waals surface area (Å²) in [5, 5.41) is 11.2. The second-order valence-electron chi connectivity index (χ2n) is 7.38. The number of sulfonamides is 1. The number of carbonyl (C=O) groups excluding carboxylic acids is 1. The van der Waals surface area contributed by atoms with Crippen LogP contribution in [0.4, 0.5) is 5.69 Å². The number of carbonyl (C=O) groups is 1. The fourth-order valence-electron chi connectivity index (χ4n) is 3.40. The van der Waals surface area contributed by atoms with Crippen molar-refractivity contribution in [2.24, 2.45) is 0 Å². The van der Waals surface area contributed by atoms with Crippen molar-refractivity contribution in [2.45, 2.75) is 35.8 Å². The number of rotatable bonds is 8. The van der Waals surface area contributed by atoms with E-state index >= 15 is 0 Å². The number of aromatic nitrogens is 2. The highest BCUT2D eigenvalue weighted by Crippen LogP contribution is 2.27. The molecular weight excluding hydrogens is 448 g/mol. The predicted molar refractivity (Wildman–Crippen MR) is 123 cm³/mol. The highest BCUT2D eigenvalue weighted by molar-refractivity contribution is 7.99. The number of nitrogens with zero attached hydrogens (tertiary/aromatic N) is 3. The Morgan fingerprint density at radius 2 is 1.81 bits per heavy atom. The van der Waals surface area contributed by atoms with Crippen molar-refractivity contribution >= 4 is 33.4 Å². The molecule has 32 heavy (non-hydrogen) atoms. The number of amides is 1. The van der Waals surface area contributed by atoms with E-state index in [9.17, 15) is 13.2 Å². The topological polar surface area (TPSA) is 105 Å². The summed E-state index contributed by atoms with van der Waals surface area (Å²) in [6.45, 7) is 1.09. The van der Waals surface area contributed by atoms with Gasteiger partial charge in [0.05, 0.1) is 4.90 Å². The molecule has 2 heterocycles. The molecule has 4 rings (SSSR count). The number of anilines is 1. The Labute approximate surface area is 191 Å². The Morgan fingerprint density at radius 1 is 1.03 bits per heavy atom. The van der Waals surface area contributed by atoms with Crippen LogP contribution >= 0.6 is 11.8 Å². The molecule has 0 spiro atoms. The molecular formula is C22H24N4O4S2. The Balaban J connectivity index is 1.36. The predicted octanol–water partition coefficient (Wildman–Crippen LogP) is 4.03. The quantitative estimate of drug-likeness (QED) is 0.493. The van der Waals surface area contributed by atoms with Gasteiger partial charge in [-0.2, -0.15) is 4.31 Å². The van der Waals surface area contributed by atoms with Crippen LogP contribution in [0.3, 0.4) is 0 Å². The lowest BCUT2D eigenvalue weighted by Crippen LogP contribution is -2.35. The normalized spacial score (nSPS) is 14.9. The molecule has 1 N–H and O–H groups in total. The lowest BCUT2D eigenvalue weighted by Gasteiger charge is -2.25. The van der Waals surface area contributed by atoms with Crippen molar-refractivity contribution in [2.75, 3.05) is 24.2 Å². The molecule has 1 fully saturated rings. The molecule has 0 aliphatic carbocycles. The number of benzene rings is 2. The zero-order valence-corrected chi connectivity index (χ0v) is 19.1. The van der Waals surface area contributed by atoms with Gasteiger partial charge in [-0.3, -0.25) is 4.79 Å². The highest BCUT2D eigenvalue weighted by Gasteiger charge is 2.26. The maximum absolute atomic E-state index is 12.9. The first kappa shape index (κ1) is 22.5. The first-order valence-electron chi connectivity index (χ1n) is 10.4.